The van der Waals surface area contributed by atoms with Crippen molar-refractivity contribution in [2.45, 2.75) is 24.1 Å². The molecular formula is C26H21F2N5OS2. The van der Waals surface area contributed by atoms with E-state index in [4.69, 9.17) is 4.74 Å². The number of benzene rings is 2. The Labute approximate surface area is 215 Å². The molecule has 0 radical (unpaired) electrons. The predicted octanol–water partition coefficient (Wildman–Crippen LogP) is 7.07. The van der Waals surface area contributed by atoms with Crippen molar-refractivity contribution >= 4 is 34.4 Å². The smallest absolute Gasteiger partial charge is 0.280 e. The number of aryl methyl sites for hydroxylation is 1. The third kappa shape index (κ3) is 6.05. The average Bonchev–Trinajstić information content (AvgIpc) is 3.36. The zero-order valence-corrected chi connectivity index (χ0v) is 21.0. The van der Waals surface area contributed by atoms with E-state index < -0.39 is 6.43 Å². The van der Waals surface area contributed by atoms with Crippen molar-refractivity contribution in [3.8, 4) is 23.1 Å². The van der Waals surface area contributed by atoms with Crippen LogP contribution in [0.4, 0.5) is 13.9 Å². The van der Waals surface area contributed by atoms with Crippen LogP contribution in [0.1, 0.15) is 34.4 Å². The van der Waals surface area contributed by atoms with Gasteiger partial charge in [-0.3, -0.25) is 5.43 Å². The van der Waals surface area contributed by atoms with E-state index in [2.05, 4.69) is 26.6 Å². The van der Waals surface area contributed by atoms with Gasteiger partial charge in [-0.1, -0.05) is 30.3 Å². The fraction of sp³-hybridized carbons (Fsp3) is 0.154. The Bertz CT molecular complexity index is 1420. The predicted molar refractivity (Wildman–Crippen MR) is 140 cm³/mol. The zero-order chi connectivity index (χ0) is 25.5. The molecule has 2 aromatic heterocycles. The molecule has 4 aromatic rings. The highest BCUT2D eigenvalue weighted by Crippen LogP contribution is 2.32. The number of anilines is 1. The Morgan fingerprint density at radius 1 is 1.19 bits per heavy atom. The summed E-state index contributed by atoms with van der Waals surface area (Å²) in [6, 6.07) is 18.8. The van der Waals surface area contributed by atoms with Gasteiger partial charge in [-0.25, -0.2) is 18.7 Å². The van der Waals surface area contributed by atoms with Gasteiger partial charge in [-0.15, -0.1) is 23.1 Å². The van der Waals surface area contributed by atoms with E-state index in [0.29, 0.717) is 27.8 Å². The quantitative estimate of drug-likeness (QED) is 0.144. The molecule has 36 heavy (non-hydrogen) atoms. The summed E-state index contributed by atoms with van der Waals surface area (Å²) in [5.74, 6) is 1.01. The second-order valence-electron chi connectivity index (χ2n) is 7.59. The van der Waals surface area contributed by atoms with E-state index in [9.17, 15) is 14.0 Å². The first-order valence-electron chi connectivity index (χ1n) is 10.8. The highest BCUT2D eigenvalue weighted by atomic mass is 32.2. The number of halogens is 2. The van der Waals surface area contributed by atoms with Crippen LogP contribution < -0.4 is 10.2 Å². The van der Waals surface area contributed by atoms with Crippen molar-refractivity contribution in [2.24, 2.45) is 5.10 Å². The van der Waals surface area contributed by atoms with Crippen LogP contribution in [0.5, 0.6) is 5.75 Å². The Balaban J connectivity index is 1.48. The van der Waals surface area contributed by atoms with Crippen molar-refractivity contribution in [1.29, 1.82) is 5.26 Å². The largest absolute Gasteiger partial charge is 0.496 e. The van der Waals surface area contributed by atoms with Gasteiger partial charge in [0.1, 0.15) is 22.5 Å². The molecule has 0 amide bonds. The summed E-state index contributed by atoms with van der Waals surface area (Å²) in [6.45, 7) is 1.63. The monoisotopic (exact) mass is 521 g/mol. The van der Waals surface area contributed by atoms with E-state index in [-0.39, 0.29) is 10.7 Å². The van der Waals surface area contributed by atoms with Crippen molar-refractivity contribution in [1.82, 2.24) is 9.97 Å². The lowest BCUT2D eigenvalue weighted by Crippen LogP contribution is -1.99. The number of hydrogen-bond acceptors (Lipinski definition) is 8. The highest BCUT2D eigenvalue weighted by Gasteiger charge is 2.17. The summed E-state index contributed by atoms with van der Waals surface area (Å²) >= 11 is 2.67. The number of aromatic nitrogens is 2. The van der Waals surface area contributed by atoms with Gasteiger partial charge in [0.25, 0.3) is 6.43 Å². The van der Waals surface area contributed by atoms with Gasteiger partial charge in [0.05, 0.1) is 24.6 Å². The summed E-state index contributed by atoms with van der Waals surface area (Å²) < 4.78 is 31.9. The molecule has 4 rings (SSSR count). The van der Waals surface area contributed by atoms with Gasteiger partial charge in [-0.2, -0.15) is 10.4 Å². The highest BCUT2D eigenvalue weighted by molar-refractivity contribution is 7.98. The van der Waals surface area contributed by atoms with Crippen molar-refractivity contribution in [3.63, 3.8) is 0 Å². The Morgan fingerprint density at radius 3 is 2.72 bits per heavy atom. The van der Waals surface area contributed by atoms with Crippen LogP contribution in [0.15, 0.2) is 70.1 Å². The number of nitrogens with zero attached hydrogens (tertiary/aromatic N) is 4. The SMILES string of the molecule is COc1ccc(C=NNc2nc(-c3ccccc3)cs2)cc1CSc1nc(C(F)F)cc(C)c1C#N. The van der Waals surface area contributed by atoms with Crippen LogP contribution in [0, 0.1) is 18.3 Å². The third-order valence-electron chi connectivity index (χ3n) is 5.16. The minimum absolute atomic E-state index is 0.272. The first kappa shape index (κ1) is 25.3. The molecule has 0 aliphatic rings. The molecule has 0 atom stereocenters. The van der Waals surface area contributed by atoms with Crippen LogP contribution in [-0.4, -0.2) is 23.3 Å². The van der Waals surface area contributed by atoms with Crippen molar-refractivity contribution in [2.75, 3.05) is 12.5 Å². The van der Waals surface area contributed by atoms with E-state index in [1.54, 1.807) is 20.2 Å². The molecule has 2 heterocycles. The molecule has 0 fully saturated rings. The van der Waals surface area contributed by atoms with E-state index in [1.165, 1.54) is 29.2 Å². The normalized spacial score (nSPS) is 11.1. The van der Waals surface area contributed by atoms with Crippen LogP contribution in [0.2, 0.25) is 0 Å². The first-order chi connectivity index (χ1) is 17.5. The molecule has 10 heteroatoms. The standard InChI is InChI=1S/C26H21F2N5OS2/c1-16-10-21(24(27)28)31-25(20(16)12-29)35-14-19-11-17(8-9-23(19)34-2)13-30-33-26-32-22(15-36-26)18-6-4-3-5-7-18/h3-11,13,15,24H,14H2,1-2H3,(H,32,33). The first-order valence-corrected chi connectivity index (χ1v) is 12.6. The number of thioether (sulfide) groups is 1. The summed E-state index contributed by atoms with van der Waals surface area (Å²) in [4.78, 5) is 8.56. The maximum absolute atomic E-state index is 13.2. The number of thiazole rings is 1. The number of hydrogen-bond donors (Lipinski definition) is 1. The number of nitriles is 1. The molecule has 0 spiro atoms. The maximum Gasteiger partial charge on any atom is 0.280 e. The van der Waals surface area contributed by atoms with E-state index in [0.717, 1.165) is 22.4 Å². The van der Waals surface area contributed by atoms with Crippen molar-refractivity contribution in [3.05, 3.63) is 87.9 Å². The van der Waals surface area contributed by atoms with Crippen LogP contribution in [0.3, 0.4) is 0 Å². The van der Waals surface area contributed by atoms with Crippen LogP contribution in [0.25, 0.3) is 11.3 Å². The van der Waals surface area contributed by atoms with Gasteiger partial charge in [0, 0.05) is 22.3 Å². The molecule has 1 N–H and O–H groups in total. The van der Waals surface area contributed by atoms with E-state index >= 15 is 0 Å². The molecule has 0 saturated heterocycles. The lowest BCUT2D eigenvalue weighted by atomic mass is 10.1. The zero-order valence-electron chi connectivity index (χ0n) is 19.4. The fourth-order valence-electron chi connectivity index (χ4n) is 3.39. The van der Waals surface area contributed by atoms with Crippen LogP contribution >= 0.6 is 23.1 Å². The molecule has 0 unspecified atom stereocenters. The lowest BCUT2D eigenvalue weighted by molar-refractivity contribution is 0.145. The molecule has 0 aliphatic carbocycles. The average molecular weight is 522 g/mol. The summed E-state index contributed by atoms with van der Waals surface area (Å²) in [6.07, 6.45) is -1.04. The Kier molecular flexibility index (Phi) is 8.25. The fourth-order valence-corrected chi connectivity index (χ4v) is 5.09. The molecular weight excluding hydrogens is 500 g/mol. The van der Waals surface area contributed by atoms with Gasteiger partial charge in [-0.05, 0) is 42.3 Å². The third-order valence-corrected chi connectivity index (χ3v) is 6.93. The maximum atomic E-state index is 13.2. The summed E-state index contributed by atoms with van der Waals surface area (Å²) in [5.41, 5.74) is 6.91. The molecule has 182 valence electrons. The van der Waals surface area contributed by atoms with Gasteiger partial charge < -0.3 is 4.74 Å². The number of methoxy groups -OCH3 is 1. The summed E-state index contributed by atoms with van der Waals surface area (Å²) in [5, 5.41) is 16.7. The minimum atomic E-state index is -2.71. The summed E-state index contributed by atoms with van der Waals surface area (Å²) in [7, 11) is 1.56. The van der Waals surface area contributed by atoms with Crippen molar-refractivity contribution < 1.29 is 13.5 Å². The topological polar surface area (TPSA) is 83.2 Å². The Hall–Kier alpha value is -3.81. The minimum Gasteiger partial charge on any atom is -0.496 e. The number of alkyl halides is 2. The number of hydrazone groups is 1. The lowest BCUT2D eigenvalue weighted by Gasteiger charge is -2.11. The number of ether oxygens (including phenoxy) is 1. The van der Waals surface area contributed by atoms with Gasteiger partial charge >= 0.3 is 0 Å². The molecule has 6 nitrogen and oxygen atoms in total. The van der Waals surface area contributed by atoms with Gasteiger partial charge in [0.2, 0.25) is 5.13 Å². The molecule has 0 aliphatic heterocycles. The molecule has 2 aromatic carbocycles. The number of pyridine rings is 1. The number of nitrogens with one attached hydrogen (secondary N) is 1. The Morgan fingerprint density at radius 2 is 2.00 bits per heavy atom. The van der Waals surface area contributed by atoms with E-state index in [1.807, 2.05) is 53.9 Å². The van der Waals surface area contributed by atoms with Gasteiger partial charge in [0.15, 0.2) is 0 Å². The number of rotatable bonds is 9. The second-order valence-corrected chi connectivity index (χ2v) is 9.41. The second kappa shape index (κ2) is 11.7. The molecule has 0 bridgehead atoms. The molecule has 0 saturated carbocycles. The van der Waals surface area contributed by atoms with Crippen LogP contribution in [-0.2, 0) is 5.75 Å².